The van der Waals surface area contributed by atoms with Crippen molar-refractivity contribution in [2.45, 2.75) is 12.8 Å². The number of rotatable bonds is 3. The van der Waals surface area contributed by atoms with Gasteiger partial charge in [0.05, 0.1) is 6.61 Å². The van der Waals surface area contributed by atoms with Crippen LogP contribution >= 0.6 is 11.6 Å². The zero-order valence-electron chi connectivity index (χ0n) is 8.53. The third-order valence-electron chi connectivity index (χ3n) is 2.27. The van der Waals surface area contributed by atoms with E-state index >= 15 is 0 Å². The smallest absolute Gasteiger partial charge is 0.221 e. The Balaban J connectivity index is 2.66. The van der Waals surface area contributed by atoms with Crippen LogP contribution in [0.3, 0.4) is 0 Å². The highest BCUT2D eigenvalue weighted by Crippen LogP contribution is 2.26. The lowest BCUT2D eigenvalue weighted by molar-refractivity contribution is 0.331. The van der Waals surface area contributed by atoms with E-state index in [0.717, 1.165) is 16.3 Å². The molecule has 0 amide bonds. The van der Waals surface area contributed by atoms with Crippen LogP contribution in [0.15, 0.2) is 30.5 Å². The Morgan fingerprint density at radius 3 is 2.67 bits per heavy atom. The average Bonchev–Trinajstić information content (AvgIpc) is 2.30. The van der Waals surface area contributed by atoms with Crippen LogP contribution in [0.4, 0.5) is 0 Å². The number of fused-ring (bicyclic) bond motifs is 1. The first-order valence-electron chi connectivity index (χ1n) is 4.92. The molecule has 2 nitrogen and oxygen atoms in total. The van der Waals surface area contributed by atoms with Gasteiger partial charge >= 0.3 is 0 Å². The summed E-state index contributed by atoms with van der Waals surface area (Å²) in [6.45, 7) is 2.57. The zero-order valence-corrected chi connectivity index (χ0v) is 9.29. The summed E-state index contributed by atoms with van der Waals surface area (Å²) in [7, 11) is 0. The fourth-order valence-electron chi connectivity index (χ4n) is 1.58. The van der Waals surface area contributed by atoms with Crippen LogP contribution in [0, 0.1) is 0 Å². The number of halogens is 1. The Kier molecular flexibility index (Phi) is 3.07. The van der Waals surface area contributed by atoms with Crippen molar-refractivity contribution in [3.63, 3.8) is 0 Å². The summed E-state index contributed by atoms with van der Waals surface area (Å²) >= 11 is 5.85. The Bertz CT molecular complexity index is 470. The highest BCUT2D eigenvalue weighted by molar-refractivity contribution is 6.18. The minimum atomic E-state index is 0.472. The summed E-state index contributed by atoms with van der Waals surface area (Å²) in [5, 5.41) is 2.14. The van der Waals surface area contributed by atoms with Gasteiger partial charge in [-0.2, -0.15) is 0 Å². The van der Waals surface area contributed by atoms with E-state index in [-0.39, 0.29) is 0 Å². The number of ether oxygens (including phenoxy) is 1. The third-order valence-corrected chi connectivity index (χ3v) is 2.55. The summed E-state index contributed by atoms with van der Waals surface area (Å²) < 4.78 is 5.46. The fourth-order valence-corrected chi connectivity index (χ4v) is 1.80. The standard InChI is InChI=1S/C12H12ClNO/c1-2-15-12-11-6-4-3-5-10(11)9(7-13)8-14-12/h3-6,8H,2,7H2,1H3. The van der Waals surface area contributed by atoms with Gasteiger partial charge in [0.25, 0.3) is 0 Å². The molecule has 1 aromatic carbocycles. The van der Waals surface area contributed by atoms with Crippen molar-refractivity contribution in [2.75, 3.05) is 6.61 Å². The summed E-state index contributed by atoms with van der Waals surface area (Å²) in [4.78, 5) is 4.26. The number of alkyl halides is 1. The summed E-state index contributed by atoms with van der Waals surface area (Å²) in [6, 6.07) is 8.01. The molecule has 0 aliphatic heterocycles. The minimum Gasteiger partial charge on any atom is -0.478 e. The van der Waals surface area contributed by atoms with Gasteiger partial charge in [-0.3, -0.25) is 0 Å². The molecule has 2 rings (SSSR count). The van der Waals surface area contributed by atoms with Crippen LogP contribution in [0.5, 0.6) is 5.88 Å². The maximum Gasteiger partial charge on any atom is 0.221 e. The van der Waals surface area contributed by atoms with E-state index in [1.165, 1.54) is 0 Å². The van der Waals surface area contributed by atoms with Crippen LogP contribution in [0.2, 0.25) is 0 Å². The van der Waals surface area contributed by atoms with Gasteiger partial charge in [0, 0.05) is 17.5 Å². The molecular formula is C12H12ClNO. The van der Waals surface area contributed by atoms with Crippen molar-refractivity contribution in [3.8, 4) is 5.88 Å². The molecule has 0 atom stereocenters. The predicted molar refractivity (Wildman–Crippen MR) is 62.5 cm³/mol. The van der Waals surface area contributed by atoms with E-state index in [9.17, 15) is 0 Å². The number of pyridine rings is 1. The normalized spacial score (nSPS) is 10.5. The Morgan fingerprint density at radius 1 is 1.27 bits per heavy atom. The average molecular weight is 222 g/mol. The predicted octanol–water partition coefficient (Wildman–Crippen LogP) is 3.37. The number of hydrogen-bond acceptors (Lipinski definition) is 2. The maximum absolute atomic E-state index is 5.85. The van der Waals surface area contributed by atoms with Gasteiger partial charge in [-0.1, -0.05) is 18.2 Å². The lowest BCUT2D eigenvalue weighted by atomic mass is 10.1. The van der Waals surface area contributed by atoms with Gasteiger partial charge in [0.2, 0.25) is 5.88 Å². The van der Waals surface area contributed by atoms with E-state index in [1.54, 1.807) is 6.20 Å². The van der Waals surface area contributed by atoms with Crippen molar-refractivity contribution in [3.05, 3.63) is 36.0 Å². The van der Waals surface area contributed by atoms with E-state index in [2.05, 4.69) is 4.98 Å². The van der Waals surface area contributed by atoms with E-state index in [0.29, 0.717) is 18.4 Å². The topological polar surface area (TPSA) is 22.1 Å². The third kappa shape index (κ3) is 1.90. The molecule has 0 bridgehead atoms. The second kappa shape index (κ2) is 4.49. The summed E-state index contributed by atoms with van der Waals surface area (Å²) in [6.07, 6.45) is 1.78. The molecular weight excluding hydrogens is 210 g/mol. The van der Waals surface area contributed by atoms with E-state index in [4.69, 9.17) is 16.3 Å². The first-order chi connectivity index (χ1) is 7.36. The van der Waals surface area contributed by atoms with Gasteiger partial charge in [0.15, 0.2) is 0 Å². The zero-order chi connectivity index (χ0) is 10.7. The second-order valence-electron chi connectivity index (χ2n) is 3.20. The van der Waals surface area contributed by atoms with E-state index < -0.39 is 0 Å². The van der Waals surface area contributed by atoms with Crippen molar-refractivity contribution in [1.82, 2.24) is 4.98 Å². The molecule has 78 valence electrons. The molecule has 0 aliphatic carbocycles. The molecule has 3 heteroatoms. The first-order valence-corrected chi connectivity index (χ1v) is 5.45. The quantitative estimate of drug-likeness (QED) is 0.742. The number of hydrogen-bond donors (Lipinski definition) is 0. The van der Waals surface area contributed by atoms with Crippen LogP contribution in [-0.4, -0.2) is 11.6 Å². The molecule has 1 aromatic heterocycles. The molecule has 0 saturated carbocycles. The van der Waals surface area contributed by atoms with Gasteiger partial charge in [0.1, 0.15) is 0 Å². The Labute approximate surface area is 93.8 Å². The lowest BCUT2D eigenvalue weighted by Gasteiger charge is -2.08. The van der Waals surface area contributed by atoms with Gasteiger partial charge in [-0.15, -0.1) is 11.6 Å². The van der Waals surface area contributed by atoms with Gasteiger partial charge < -0.3 is 4.74 Å². The molecule has 0 saturated heterocycles. The Morgan fingerprint density at radius 2 is 2.00 bits per heavy atom. The monoisotopic (exact) mass is 221 g/mol. The number of benzene rings is 1. The van der Waals surface area contributed by atoms with Crippen LogP contribution in [-0.2, 0) is 5.88 Å². The molecule has 0 unspecified atom stereocenters. The SMILES string of the molecule is CCOc1ncc(CCl)c2ccccc12. The molecule has 0 aliphatic rings. The summed E-state index contributed by atoms with van der Waals surface area (Å²) in [5.41, 5.74) is 1.04. The molecule has 0 N–H and O–H groups in total. The second-order valence-corrected chi connectivity index (χ2v) is 3.47. The molecule has 0 radical (unpaired) electrons. The Hall–Kier alpha value is -1.28. The molecule has 0 spiro atoms. The highest BCUT2D eigenvalue weighted by atomic mass is 35.5. The largest absolute Gasteiger partial charge is 0.478 e. The van der Waals surface area contributed by atoms with Crippen LogP contribution < -0.4 is 4.74 Å². The van der Waals surface area contributed by atoms with Crippen LogP contribution in [0.1, 0.15) is 12.5 Å². The van der Waals surface area contributed by atoms with Crippen molar-refractivity contribution >= 4 is 22.4 Å². The molecule has 0 fully saturated rings. The van der Waals surface area contributed by atoms with Crippen molar-refractivity contribution in [1.29, 1.82) is 0 Å². The van der Waals surface area contributed by atoms with Gasteiger partial charge in [-0.25, -0.2) is 4.98 Å². The van der Waals surface area contributed by atoms with Crippen molar-refractivity contribution in [2.24, 2.45) is 0 Å². The number of nitrogens with zero attached hydrogens (tertiary/aromatic N) is 1. The van der Waals surface area contributed by atoms with E-state index in [1.807, 2.05) is 31.2 Å². The molecule has 1 heterocycles. The lowest BCUT2D eigenvalue weighted by Crippen LogP contribution is -1.96. The van der Waals surface area contributed by atoms with Crippen molar-refractivity contribution < 1.29 is 4.74 Å². The van der Waals surface area contributed by atoms with Gasteiger partial charge in [-0.05, 0) is 23.9 Å². The number of aromatic nitrogens is 1. The molecule has 15 heavy (non-hydrogen) atoms. The van der Waals surface area contributed by atoms with Crippen LogP contribution in [0.25, 0.3) is 10.8 Å². The highest BCUT2D eigenvalue weighted by Gasteiger charge is 2.06. The maximum atomic E-state index is 5.85. The first kappa shape index (κ1) is 10.2. The summed E-state index contributed by atoms with van der Waals surface area (Å²) in [5.74, 6) is 1.15. The minimum absolute atomic E-state index is 0.472. The molecule has 2 aromatic rings. The fraction of sp³-hybridized carbons (Fsp3) is 0.250.